The Labute approximate surface area is 131 Å². The van der Waals surface area contributed by atoms with Crippen LogP contribution in [0.5, 0.6) is 0 Å². The number of benzene rings is 1. The lowest BCUT2D eigenvalue weighted by molar-refractivity contribution is -0.479. The van der Waals surface area contributed by atoms with E-state index < -0.39 is 0 Å². The van der Waals surface area contributed by atoms with Gasteiger partial charge in [-0.2, -0.15) is 0 Å². The van der Waals surface area contributed by atoms with Crippen molar-refractivity contribution >= 4 is 21.8 Å². The van der Waals surface area contributed by atoms with Crippen LogP contribution in [0.1, 0.15) is 40.2 Å². The van der Waals surface area contributed by atoms with E-state index in [1.807, 2.05) is 6.07 Å². The molecule has 0 heterocycles. The summed E-state index contributed by atoms with van der Waals surface area (Å²) < 4.78 is -0.0882. The van der Waals surface area contributed by atoms with E-state index in [4.69, 9.17) is 0 Å². The Morgan fingerprint density at radius 1 is 1.11 bits per heavy atom. The predicted molar refractivity (Wildman–Crippen MR) is 82.0 cm³/mol. The fourth-order valence-electron chi connectivity index (χ4n) is 1.56. The number of halogens is 2. The van der Waals surface area contributed by atoms with Crippen LogP contribution in [0.4, 0.5) is 0 Å². The second-order valence-corrected chi connectivity index (χ2v) is 8.04. The summed E-state index contributed by atoms with van der Waals surface area (Å²) in [5.74, 6) is 1.11. The Balaban J connectivity index is 0.00000324. The molecule has 0 amide bonds. The van der Waals surface area contributed by atoms with Crippen molar-refractivity contribution in [1.29, 1.82) is 0 Å². The van der Waals surface area contributed by atoms with E-state index in [0.717, 1.165) is 12.4 Å². The summed E-state index contributed by atoms with van der Waals surface area (Å²) in [6.07, 6.45) is 0. The van der Waals surface area contributed by atoms with Gasteiger partial charge in [0.25, 0.3) is 5.84 Å². The molecule has 108 valence electrons. The van der Waals surface area contributed by atoms with Crippen molar-refractivity contribution < 1.29 is 17.4 Å². The fourth-order valence-corrected chi connectivity index (χ4v) is 1.80. The average molecular weight is 348 g/mol. The highest BCUT2D eigenvalue weighted by Crippen LogP contribution is 2.16. The molecule has 0 aliphatic rings. The molecule has 0 radical (unpaired) electrons. The largest absolute Gasteiger partial charge is 1.00 e. The normalized spacial score (nSPS) is 12.8. The molecular formula is C15H24BrClN2. The van der Waals surface area contributed by atoms with Crippen LogP contribution in [0.3, 0.4) is 0 Å². The lowest BCUT2D eigenvalue weighted by Crippen LogP contribution is -3.00. The molecule has 0 unspecified atom stereocenters. The molecule has 0 spiro atoms. The summed E-state index contributed by atoms with van der Waals surface area (Å²) in [4.78, 5) is 3.49. The van der Waals surface area contributed by atoms with Crippen LogP contribution in [-0.4, -0.2) is 15.7 Å². The Kier molecular flexibility index (Phi) is 7.09. The van der Waals surface area contributed by atoms with Crippen molar-refractivity contribution in [3.63, 3.8) is 0 Å². The predicted octanol–water partition coefficient (Wildman–Crippen LogP) is -0.769. The number of hydrogen-bond acceptors (Lipinski definition) is 0. The van der Waals surface area contributed by atoms with Gasteiger partial charge in [-0.25, -0.2) is 0 Å². The van der Waals surface area contributed by atoms with Gasteiger partial charge in [-0.3, -0.25) is 10.3 Å². The molecule has 2 nitrogen and oxygen atoms in total. The lowest BCUT2D eigenvalue weighted by Gasteiger charge is -2.23. The summed E-state index contributed by atoms with van der Waals surface area (Å²) in [6.45, 7) is 11.6. The molecule has 0 saturated heterocycles. The van der Waals surface area contributed by atoms with E-state index in [1.54, 1.807) is 0 Å². The van der Waals surface area contributed by atoms with E-state index in [2.05, 4.69) is 85.1 Å². The van der Waals surface area contributed by atoms with Gasteiger partial charge in [-0.05, 0) is 40.2 Å². The van der Waals surface area contributed by atoms with Crippen LogP contribution in [-0.2, 0) is 6.54 Å². The zero-order valence-electron chi connectivity index (χ0n) is 12.3. The highest BCUT2D eigenvalue weighted by Gasteiger charge is 2.31. The molecule has 0 fully saturated rings. The maximum Gasteiger partial charge on any atom is 0.259 e. The third-order valence-corrected chi connectivity index (χ3v) is 2.80. The molecular weight excluding hydrogens is 324 g/mol. The minimum atomic E-state index is -0.0882. The number of rotatable bonds is 3. The molecule has 0 saturated carbocycles. The molecule has 0 aliphatic heterocycles. The van der Waals surface area contributed by atoms with Crippen molar-refractivity contribution in [2.24, 2.45) is 0 Å². The second-order valence-electron chi connectivity index (χ2n) is 6.06. The molecule has 0 aliphatic carbocycles. The van der Waals surface area contributed by atoms with Gasteiger partial charge >= 0.3 is 0 Å². The average Bonchev–Trinajstić information content (AvgIpc) is 2.22. The Morgan fingerprint density at radius 2 is 1.63 bits per heavy atom. The summed E-state index contributed by atoms with van der Waals surface area (Å²) >= 11 is 3.71. The number of alkyl halides is 1. The van der Waals surface area contributed by atoms with Crippen LogP contribution in [0.25, 0.3) is 0 Å². The third kappa shape index (κ3) is 7.58. The standard InChI is InChI=1S/C15H23BrN2.ClH/c1-14(2,3)18-13(15(4,5)16)17-11-12-9-7-6-8-10-12;/h6-10H,11H2,1-5H3,(H,17,18);1H. The van der Waals surface area contributed by atoms with E-state index >= 15 is 0 Å². The van der Waals surface area contributed by atoms with Crippen molar-refractivity contribution in [2.45, 2.75) is 51.0 Å². The molecule has 0 aromatic heterocycles. The zero-order valence-corrected chi connectivity index (χ0v) is 14.7. The van der Waals surface area contributed by atoms with Gasteiger partial charge in [0.15, 0.2) is 0 Å². The summed E-state index contributed by atoms with van der Waals surface area (Å²) in [7, 11) is 0. The molecule has 1 rings (SSSR count). The molecule has 1 aromatic rings. The minimum absolute atomic E-state index is 0. The van der Waals surface area contributed by atoms with Gasteiger partial charge in [0.05, 0.1) is 5.54 Å². The first-order valence-corrected chi connectivity index (χ1v) is 7.10. The van der Waals surface area contributed by atoms with Gasteiger partial charge in [0.1, 0.15) is 10.9 Å². The molecule has 0 atom stereocenters. The highest BCUT2D eigenvalue weighted by atomic mass is 79.9. The SMILES string of the molecule is CC(C)(C)NC(=[NH+]Cc1ccccc1)C(C)(C)Br.[Cl-]. The zero-order chi connectivity index (χ0) is 13.8. The van der Waals surface area contributed by atoms with Crippen molar-refractivity contribution in [2.75, 3.05) is 0 Å². The van der Waals surface area contributed by atoms with Crippen LogP contribution >= 0.6 is 15.9 Å². The van der Waals surface area contributed by atoms with Gasteiger partial charge in [-0.15, -0.1) is 0 Å². The maximum atomic E-state index is 3.71. The van der Waals surface area contributed by atoms with Crippen molar-refractivity contribution in [3.8, 4) is 0 Å². The smallest absolute Gasteiger partial charge is 0.259 e. The highest BCUT2D eigenvalue weighted by molar-refractivity contribution is 9.10. The lowest BCUT2D eigenvalue weighted by atomic mass is 10.1. The number of amidine groups is 1. The van der Waals surface area contributed by atoms with Crippen LogP contribution in [0, 0.1) is 0 Å². The van der Waals surface area contributed by atoms with Crippen LogP contribution in [0.15, 0.2) is 30.3 Å². The third-order valence-electron chi connectivity index (χ3n) is 2.41. The van der Waals surface area contributed by atoms with E-state index in [-0.39, 0.29) is 22.3 Å². The van der Waals surface area contributed by atoms with Crippen LogP contribution < -0.4 is 22.7 Å². The minimum Gasteiger partial charge on any atom is -1.00 e. The van der Waals surface area contributed by atoms with Crippen LogP contribution in [0.2, 0.25) is 0 Å². The number of hydrogen-bond donors (Lipinski definition) is 2. The first-order chi connectivity index (χ1) is 8.18. The fraction of sp³-hybridized carbons (Fsp3) is 0.533. The van der Waals surface area contributed by atoms with E-state index in [0.29, 0.717) is 0 Å². The van der Waals surface area contributed by atoms with E-state index in [9.17, 15) is 0 Å². The number of nitrogens with one attached hydrogen (secondary N) is 2. The molecule has 1 aromatic carbocycles. The maximum absolute atomic E-state index is 3.71. The van der Waals surface area contributed by atoms with Gasteiger partial charge < -0.3 is 12.4 Å². The van der Waals surface area contributed by atoms with Crippen molar-refractivity contribution in [3.05, 3.63) is 35.9 Å². The Morgan fingerprint density at radius 3 is 2.05 bits per heavy atom. The quantitative estimate of drug-likeness (QED) is 0.419. The van der Waals surface area contributed by atoms with Gasteiger partial charge in [0, 0.05) is 0 Å². The monoisotopic (exact) mass is 346 g/mol. The summed E-state index contributed by atoms with van der Waals surface area (Å²) in [5.41, 5.74) is 1.33. The van der Waals surface area contributed by atoms with E-state index in [1.165, 1.54) is 5.56 Å². The molecule has 2 N–H and O–H groups in total. The molecule has 0 bridgehead atoms. The first-order valence-electron chi connectivity index (χ1n) is 6.31. The first kappa shape index (κ1) is 18.5. The Hall–Kier alpha value is -0.540. The van der Waals surface area contributed by atoms with Gasteiger partial charge in [0.2, 0.25) is 0 Å². The van der Waals surface area contributed by atoms with Gasteiger partial charge in [-0.1, -0.05) is 46.3 Å². The second kappa shape index (κ2) is 7.30. The summed E-state index contributed by atoms with van der Waals surface area (Å²) in [5, 5.41) is 3.53. The Bertz CT molecular complexity index is 402. The van der Waals surface area contributed by atoms with Crippen molar-refractivity contribution in [1.82, 2.24) is 5.32 Å². The molecule has 19 heavy (non-hydrogen) atoms. The molecule has 4 heteroatoms. The summed E-state index contributed by atoms with van der Waals surface area (Å²) in [6, 6.07) is 10.4. The topological polar surface area (TPSA) is 26.0 Å².